The summed E-state index contributed by atoms with van der Waals surface area (Å²) in [5, 5.41) is 19.7. The zero-order chi connectivity index (χ0) is 15.2. The van der Waals surface area contributed by atoms with E-state index in [2.05, 4.69) is 15.9 Å². The van der Waals surface area contributed by atoms with E-state index in [1.165, 1.54) is 18.2 Å². The minimum Gasteiger partial charge on any atom is -0.508 e. The van der Waals surface area contributed by atoms with Crippen molar-refractivity contribution in [2.75, 3.05) is 11.9 Å². The summed E-state index contributed by atoms with van der Waals surface area (Å²) in [7, 11) is 0. The van der Waals surface area contributed by atoms with Crippen molar-refractivity contribution < 1.29 is 15.0 Å². The molecule has 2 N–H and O–H groups in total. The van der Waals surface area contributed by atoms with E-state index in [9.17, 15) is 15.0 Å². The second-order valence-electron chi connectivity index (χ2n) is 4.64. The highest BCUT2D eigenvalue weighted by molar-refractivity contribution is 9.09. The van der Waals surface area contributed by atoms with Crippen molar-refractivity contribution in [1.82, 2.24) is 4.90 Å². The molecule has 21 heavy (non-hydrogen) atoms. The summed E-state index contributed by atoms with van der Waals surface area (Å²) < 4.78 is 0. The van der Waals surface area contributed by atoms with Gasteiger partial charge in [-0.25, -0.2) is 0 Å². The van der Waals surface area contributed by atoms with Crippen molar-refractivity contribution in [2.45, 2.75) is 6.54 Å². The van der Waals surface area contributed by atoms with E-state index >= 15 is 0 Å². The van der Waals surface area contributed by atoms with Gasteiger partial charge in [-0.3, -0.25) is 4.79 Å². The normalized spacial score (nSPS) is 10.3. The maximum absolute atomic E-state index is 12.5. The Hall–Kier alpha value is -2.01. The van der Waals surface area contributed by atoms with Gasteiger partial charge in [0.2, 0.25) is 0 Å². The van der Waals surface area contributed by atoms with Crippen LogP contribution in [0, 0.1) is 0 Å². The van der Waals surface area contributed by atoms with Gasteiger partial charge < -0.3 is 15.1 Å². The number of amides is 1. The summed E-state index contributed by atoms with van der Waals surface area (Å²) >= 11 is 3.34. The fourth-order valence-electron chi connectivity index (χ4n) is 2.06. The SMILES string of the molecule is O=C(c1cc(O)cc(O)c1)N(CCBr)Cc1ccccc1. The molecule has 0 radical (unpaired) electrons. The summed E-state index contributed by atoms with van der Waals surface area (Å²) in [6.07, 6.45) is 0. The number of carbonyl (C=O) groups is 1. The zero-order valence-corrected chi connectivity index (χ0v) is 13.0. The first-order valence-electron chi connectivity index (χ1n) is 6.52. The van der Waals surface area contributed by atoms with Crippen LogP contribution in [0.2, 0.25) is 0 Å². The van der Waals surface area contributed by atoms with Crippen molar-refractivity contribution in [2.24, 2.45) is 0 Å². The van der Waals surface area contributed by atoms with Crippen LogP contribution in [0.1, 0.15) is 15.9 Å². The Labute approximate surface area is 131 Å². The fraction of sp³-hybridized carbons (Fsp3) is 0.188. The molecule has 0 spiro atoms. The predicted octanol–water partition coefficient (Wildman–Crippen LogP) is 3.14. The molecule has 0 unspecified atom stereocenters. The first-order chi connectivity index (χ1) is 10.1. The molecule has 0 aromatic heterocycles. The molecule has 5 heteroatoms. The number of carbonyl (C=O) groups excluding carboxylic acids is 1. The number of alkyl halides is 1. The lowest BCUT2D eigenvalue weighted by Gasteiger charge is -2.22. The van der Waals surface area contributed by atoms with Gasteiger partial charge in [-0.15, -0.1) is 0 Å². The van der Waals surface area contributed by atoms with E-state index < -0.39 is 0 Å². The zero-order valence-electron chi connectivity index (χ0n) is 11.4. The molecular formula is C16H16BrNO3. The summed E-state index contributed by atoms with van der Waals surface area (Å²) in [5.74, 6) is -0.488. The summed E-state index contributed by atoms with van der Waals surface area (Å²) in [5.41, 5.74) is 1.29. The van der Waals surface area contributed by atoms with Crippen LogP contribution in [-0.2, 0) is 6.54 Å². The van der Waals surface area contributed by atoms with E-state index in [0.717, 1.165) is 5.56 Å². The van der Waals surface area contributed by atoms with E-state index in [0.29, 0.717) is 18.4 Å². The number of halogens is 1. The Balaban J connectivity index is 2.22. The molecule has 0 atom stereocenters. The van der Waals surface area contributed by atoms with Gasteiger partial charge in [0.1, 0.15) is 11.5 Å². The first-order valence-corrected chi connectivity index (χ1v) is 7.64. The Morgan fingerprint density at radius 3 is 2.24 bits per heavy atom. The lowest BCUT2D eigenvalue weighted by molar-refractivity contribution is 0.0754. The molecule has 0 saturated heterocycles. The van der Waals surface area contributed by atoms with Gasteiger partial charge in [0.05, 0.1) is 0 Å². The molecule has 0 aliphatic carbocycles. The molecule has 0 bridgehead atoms. The van der Waals surface area contributed by atoms with Crippen LogP contribution in [0.5, 0.6) is 11.5 Å². The predicted molar refractivity (Wildman–Crippen MR) is 84.7 cm³/mol. The second-order valence-corrected chi connectivity index (χ2v) is 5.43. The molecule has 2 rings (SSSR count). The van der Waals surface area contributed by atoms with E-state index in [1.807, 2.05) is 30.3 Å². The van der Waals surface area contributed by atoms with Crippen LogP contribution < -0.4 is 0 Å². The van der Waals surface area contributed by atoms with E-state index in [-0.39, 0.29) is 23.0 Å². The number of benzene rings is 2. The number of hydrogen-bond acceptors (Lipinski definition) is 3. The van der Waals surface area contributed by atoms with Crippen molar-refractivity contribution in [3.8, 4) is 11.5 Å². The average Bonchev–Trinajstić information content (AvgIpc) is 2.46. The number of nitrogens with zero attached hydrogens (tertiary/aromatic N) is 1. The van der Waals surface area contributed by atoms with Gasteiger partial charge >= 0.3 is 0 Å². The van der Waals surface area contributed by atoms with Crippen LogP contribution in [0.3, 0.4) is 0 Å². The van der Waals surface area contributed by atoms with E-state index in [4.69, 9.17) is 0 Å². The Morgan fingerprint density at radius 1 is 1.05 bits per heavy atom. The molecule has 110 valence electrons. The number of phenolic OH excluding ortho intramolecular Hbond substituents is 2. The van der Waals surface area contributed by atoms with Gasteiger partial charge in [-0.05, 0) is 17.7 Å². The number of rotatable bonds is 5. The lowest BCUT2D eigenvalue weighted by atomic mass is 10.1. The second kappa shape index (κ2) is 7.13. The molecule has 2 aromatic carbocycles. The molecule has 0 fully saturated rings. The van der Waals surface area contributed by atoms with Crippen LogP contribution >= 0.6 is 15.9 Å². The standard InChI is InChI=1S/C16H16BrNO3/c17-6-7-18(11-12-4-2-1-3-5-12)16(21)13-8-14(19)10-15(20)9-13/h1-5,8-10,19-20H,6-7,11H2. The van der Waals surface area contributed by atoms with Gasteiger partial charge in [0, 0.05) is 30.0 Å². The monoisotopic (exact) mass is 349 g/mol. The Bertz CT molecular complexity index is 596. The third-order valence-corrected chi connectivity index (χ3v) is 3.36. The van der Waals surface area contributed by atoms with Crippen molar-refractivity contribution in [3.63, 3.8) is 0 Å². The number of aromatic hydroxyl groups is 2. The highest BCUT2D eigenvalue weighted by Crippen LogP contribution is 2.22. The topological polar surface area (TPSA) is 60.8 Å². The summed E-state index contributed by atoms with van der Waals surface area (Å²) in [6.45, 7) is 1.01. The van der Waals surface area contributed by atoms with Gasteiger partial charge in [0.25, 0.3) is 5.91 Å². The van der Waals surface area contributed by atoms with Gasteiger partial charge in [-0.1, -0.05) is 46.3 Å². The van der Waals surface area contributed by atoms with Crippen LogP contribution in [0.15, 0.2) is 48.5 Å². The van der Waals surface area contributed by atoms with Crippen molar-refractivity contribution in [3.05, 3.63) is 59.7 Å². The van der Waals surface area contributed by atoms with Crippen molar-refractivity contribution in [1.29, 1.82) is 0 Å². The largest absolute Gasteiger partial charge is 0.508 e. The molecule has 1 amide bonds. The summed E-state index contributed by atoms with van der Waals surface area (Å²) in [4.78, 5) is 14.2. The highest BCUT2D eigenvalue weighted by Gasteiger charge is 2.17. The van der Waals surface area contributed by atoms with E-state index in [1.54, 1.807) is 4.90 Å². The Morgan fingerprint density at radius 2 is 1.67 bits per heavy atom. The van der Waals surface area contributed by atoms with Crippen LogP contribution in [0.4, 0.5) is 0 Å². The Kier molecular flexibility index (Phi) is 5.22. The van der Waals surface area contributed by atoms with Crippen LogP contribution in [-0.4, -0.2) is 32.9 Å². The van der Waals surface area contributed by atoms with Crippen molar-refractivity contribution >= 4 is 21.8 Å². The smallest absolute Gasteiger partial charge is 0.254 e. The maximum atomic E-state index is 12.5. The third-order valence-electron chi connectivity index (χ3n) is 3.01. The number of hydrogen-bond donors (Lipinski definition) is 2. The third kappa shape index (κ3) is 4.23. The van der Waals surface area contributed by atoms with Gasteiger partial charge in [0.15, 0.2) is 0 Å². The van der Waals surface area contributed by atoms with Gasteiger partial charge in [-0.2, -0.15) is 0 Å². The fourth-order valence-corrected chi connectivity index (χ4v) is 2.49. The molecule has 0 aliphatic heterocycles. The molecule has 0 saturated carbocycles. The minimum atomic E-state index is -0.232. The molecule has 4 nitrogen and oxygen atoms in total. The lowest BCUT2D eigenvalue weighted by Crippen LogP contribution is -2.32. The molecule has 0 aliphatic rings. The molecular weight excluding hydrogens is 334 g/mol. The summed E-state index contributed by atoms with van der Waals surface area (Å²) in [6, 6.07) is 13.6. The quantitative estimate of drug-likeness (QED) is 0.815. The van der Waals surface area contributed by atoms with Crippen LogP contribution in [0.25, 0.3) is 0 Å². The maximum Gasteiger partial charge on any atom is 0.254 e. The molecule has 0 heterocycles. The minimum absolute atomic E-state index is 0.128. The number of phenols is 2. The average molecular weight is 350 g/mol. The molecule has 2 aromatic rings. The highest BCUT2D eigenvalue weighted by atomic mass is 79.9. The first kappa shape index (κ1) is 15.4.